The molecule has 78 valence electrons. The number of hydrogen-bond donors (Lipinski definition) is 0. The lowest BCUT2D eigenvalue weighted by molar-refractivity contribution is -0.123. The highest BCUT2D eigenvalue weighted by Crippen LogP contribution is 2.03. The van der Waals surface area contributed by atoms with Crippen molar-refractivity contribution in [3.63, 3.8) is 0 Å². The van der Waals surface area contributed by atoms with Crippen LogP contribution in [-0.4, -0.2) is 37.2 Å². The van der Waals surface area contributed by atoms with Gasteiger partial charge in [-0.2, -0.15) is 0 Å². The van der Waals surface area contributed by atoms with Crippen molar-refractivity contribution < 1.29 is 23.9 Å². The Bertz CT molecular complexity index is 267. The van der Waals surface area contributed by atoms with Crippen LogP contribution in [0.5, 0.6) is 0 Å². The van der Waals surface area contributed by atoms with Crippen molar-refractivity contribution in [2.24, 2.45) is 0 Å². The molecule has 0 unspecified atom stereocenters. The molecular weight excluding hydrogens is 190 g/mol. The molecule has 0 rings (SSSR count). The number of amides is 3. The van der Waals surface area contributed by atoms with Crippen LogP contribution in [0.3, 0.4) is 0 Å². The average molecular weight is 201 g/mol. The van der Waals surface area contributed by atoms with Crippen LogP contribution in [0.2, 0.25) is 0 Å². The molecule has 0 spiro atoms. The Labute approximate surface area is 81.1 Å². The number of hydrogen-bond acceptors (Lipinski definition) is 5. The van der Waals surface area contributed by atoms with Crippen LogP contribution in [0.15, 0.2) is 12.2 Å². The van der Waals surface area contributed by atoms with Gasteiger partial charge in [0.25, 0.3) is 5.91 Å². The van der Waals surface area contributed by atoms with E-state index in [-0.39, 0.29) is 10.5 Å². The Morgan fingerprint density at radius 1 is 1.07 bits per heavy atom. The maximum Gasteiger partial charge on any atom is 0.426 e. The van der Waals surface area contributed by atoms with Gasteiger partial charge in [-0.25, -0.2) is 9.59 Å². The number of carbonyl (C=O) groups excluding carboxylic acids is 3. The van der Waals surface area contributed by atoms with E-state index in [4.69, 9.17) is 0 Å². The van der Waals surface area contributed by atoms with E-state index in [0.717, 1.165) is 14.2 Å². The molecule has 0 aliphatic heterocycles. The number of carbonyl (C=O) groups is 3. The van der Waals surface area contributed by atoms with E-state index in [1.165, 1.54) is 6.92 Å². The van der Waals surface area contributed by atoms with Gasteiger partial charge in [0.15, 0.2) is 0 Å². The van der Waals surface area contributed by atoms with E-state index in [1.807, 2.05) is 0 Å². The number of rotatable bonds is 1. The molecule has 6 nitrogen and oxygen atoms in total. The molecule has 0 saturated heterocycles. The Hall–Kier alpha value is -1.85. The van der Waals surface area contributed by atoms with Crippen LogP contribution in [0.1, 0.15) is 6.92 Å². The third kappa shape index (κ3) is 2.58. The molecule has 0 aromatic heterocycles. The molecule has 0 aliphatic carbocycles. The fourth-order valence-electron chi connectivity index (χ4n) is 0.614. The predicted molar refractivity (Wildman–Crippen MR) is 46.5 cm³/mol. The zero-order chi connectivity index (χ0) is 11.3. The molecular formula is C8H11NO5. The lowest BCUT2D eigenvalue weighted by Crippen LogP contribution is -2.42. The van der Waals surface area contributed by atoms with E-state index in [2.05, 4.69) is 16.1 Å². The molecule has 0 saturated carbocycles. The SMILES string of the molecule is C=C(C)C(=O)N(C(=O)OC)C(=O)OC. The van der Waals surface area contributed by atoms with Crippen LogP contribution in [0.25, 0.3) is 0 Å². The van der Waals surface area contributed by atoms with Gasteiger partial charge in [0.1, 0.15) is 0 Å². The zero-order valence-corrected chi connectivity index (χ0v) is 8.20. The molecule has 0 fully saturated rings. The summed E-state index contributed by atoms with van der Waals surface area (Å²) in [6, 6.07) is 0. The Kier molecular flexibility index (Phi) is 4.34. The first-order valence-electron chi connectivity index (χ1n) is 3.61. The van der Waals surface area contributed by atoms with Crippen LogP contribution in [-0.2, 0) is 14.3 Å². The first kappa shape index (κ1) is 12.2. The Balaban J connectivity index is 4.91. The van der Waals surface area contributed by atoms with Gasteiger partial charge in [0.2, 0.25) is 0 Å². The van der Waals surface area contributed by atoms with E-state index in [0.29, 0.717) is 0 Å². The van der Waals surface area contributed by atoms with Gasteiger partial charge in [0, 0.05) is 5.57 Å². The van der Waals surface area contributed by atoms with Crippen molar-refractivity contribution in [3.05, 3.63) is 12.2 Å². The molecule has 0 bridgehead atoms. The number of ether oxygens (including phenoxy) is 2. The summed E-state index contributed by atoms with van der Waals surface area (Å²) < 4.78 is 8.46. The fourth-order valence-corrected chi connectivity index (χ4v) is 0.614. The van der Waals surface area contributed by atoms with Gasteiger partial charge in [-0.1, -0.05) is 6.58 Å². The van der Waals surface area contributed by atoms with Gasteiger partial charge in [-0.15, -0.1) is 4.90 Å². The molecule has 0 aromatic carbocycles. The van der Waals surface area contributed by atoms with Crippen LogP contribution >= 0.6 is 0 Å². The van der Waals surface area contributed by atoms with E-state index in [1.54, 1.807) is 0 Å². The topological polar surface area (TPSA) is 72.9 Å². The average Bonchev–Trinajstić information content (AvgIpc) is 2.16. The smallest absolute Gasteiger partial charge is 0.426 e. The normalized spacial score (nSPS) is 8.79. The van der Waals surface area contributed by atoms with Gasteiger partial charge in [0.05, 0.1) is 14.2 Å². The minimum Gasteiger partial charge on any atom is -0.452 e. The van der Waals surface area contributed by atoms with Gasteiger partial charge >= 0.3 is 12.2 Å². The Morgan fingerprint density at radius 2 is 1.43 bits per heavy atom. The summed E-state index contributed by atoms with van der Waals surface area (Å²) in [6.07, 6.45) is -2.21. The molecule has 0 aliphatic rings. The third-order valence-electron chi connectivity index (χ3n) is 1.28. The van der Waals surface area contributed by atoms with Crippen molar-refractivity contribution in [3.8, 4) is 0 Å². The quantitative estimate of drug-likeness (QED) is 0.590. The summed E-state index contributed by atoms with van der Waals surface area (Å²) >= 11 is 0. The summed E-state index contributed by atoms with van der Waals surface area (Å²) in [6.45, 7) is 4.66. The summed E-state index contributed by atoms with van der Waals surface area (Å²) in [5.74, 6) is -0.858. The van der Waals surface area contributed by atoms with Crippen LogP contribution < -0.4 is 0 Å². The molecule has 0 aromatic rings. The lowest BCUT2D eigenvalue weighted by Gasteiger charge is -2.15. The molecule has 0 heterocycles. The Morgan fingerprint density at radius 3 is 1.64 bits per heavy atom. The molecule has 0 radical (unpaired) electrons. The first-order valence-corrected chi connectivity index (χ1v) is 3.61. The van der Waals surface area contributed by atoms with Crippen molar-refractivity contribution >= 4 is 18.1 Å². The lowest BCUT2D eigenvalue weighted by atomic mass is 10.3. The predicted octanol–water partition coefficient (Wildman–Crippen LogP) is 0.924. The number of methoxy groups -OCH3 is 2. The largest absolute Gasteiger partial charge is 0.452 e. The van der Waals surface area contributed by atoms with Gasteiger partial charge < -0.3 is 9.47 Å². The van der Waals surface area contributed by atoms with Crippen LogP contribution in [0, 0.1) is 0 Å². The second-order valence-electron chi connectivity index (χ2n) is 2.36. The zero-order valence-electron chi connectivity index (χ0n) is 8.20. The summed E-state index contributed by atoms with van der Waals surface area (Å²) in [5.41, 5.74) is 0.0285. The first-order chi connectivity index (χ1) is 6.45. The second-order valence-corrected chi connectivity index (χ2v) is 2.36. The van der Waals surface area contributed by atoms with Gasteiger partial charge in [-0.3, -0.25) is 4.79 Å². The minimum atomic E-state index is -1.11. The maximum absolute atomic E-state index is 11.3. The van der Waals surface area contributed by atoms with E-state index >= 15 is 0 Å². The highest BCUT2D eigenvalue weighted by molar-refractivity contribution is 6.12. The van der Waals surface area contributed by atoms with E-state index < -0.39 is 18.1 Å². The summed E-state index contributed by atoms with van der Waals surface area (Å²) in [7, 11) is 2.09. The van der Waals surface area contributed by atoms with E-state index in [9.17, 15) is 14.4 Å². The molecule has 3 amide bonds. The van der Waals surface area contributed by atoms with Crippen LogP contribution in [0.4, 0.5) is 9.59 Å². The van der Waals surface area contributed by atoms with Crippen molar-refractivity contribution in [2.45, 2.75) is 6.92 Å². The molecule has 0 N–H and O–H groups in total. The summed E-state index contributed by atoms with van der Waals surface area (Å²) in [4.78, 5) is 33.5. The highest BCUT2D eigenvalue weighted by Gasteiger charge is 2.30. The van der Waals surface area contributed by atoms with Crippen molar-refractivity contribution in [1.29, 1.82) is 0 Å². The maximum atomic E-state index is 11.3. The van der Waals surface area contributed by atoms with Gasteiger partial charge in [-0.05, 0) is 6.92 Å². The molecule has 14 heavy (non-hydrogen) atoms. The standard InChI is InChI=1S/C8H11NO5/c1-5(2)6(10)9(7(11)13-3)8(12)14-4/h1H2,2-4H3. The fraction of sp³-hybridized carbons (Fsp3) is 0.375. The third-order valence-corrected chi connectivity index (χ3v) is 1.28. The number of imide groups is 3. The summed E-state index contributed by atoms with van der Waals surface area (Å²) in [5, 5.41) is 0. The number of nitrogens with zero attached hydrogens (tertiary/aromatic N) is 1. The second kappa shape index (κ2) is 5.00. The molecule has 0 atom stereocenters. The monoisotopic (exact) mass is 201 g/mol. The highest BCUT2D eigenvalue weighted by atomic mass is 16.6. The minimum absolute atomic E-state index is 0.0285. The van der Waals surface area contributed by atoms with Crippen molar-refractivity contribution in [2.75, 3.05) is 14.2 Å². The van der Waals surface area contributed by atoms with Crippen molar-refractivity contribution in [1.82, 2.24) is 4.90 Å². The molecule has 6 heteroatoms.